The fourth-order valence-electron chi connectivity index (χ4n) is 1.39. The van der Waals surface area contributed by atoms with Crippen molar-refractivity contribution in [1.82, 2.24) is 0 Å². The summed E-state index contributed by atoms with van der Waals surface area (Å²) < 4.78 is 87.3. The third kappa shape index (κ3) is 4.14. The minimum Gasteiger partial charge on any atom is -0.398 e. The van der Waals surface area contributed by atoms with Crippen LogP contribution in [0.3, 0.4) is 0 Å². The molecule has 0 fully saturated rings. The summed E-state index contributed by atoms with van der Waals surface area (Å²) in [4.78, 5) is 7.71. The predicted molar refractivity (Wildman–Crippen MR) is 57.8 cm³/mol. The highest BCUT2D eigenvalue weighted by Crippen LogP contribution is 2.43. The summed E-state index contributed by atoms with van der Waals surface area (Å²) in [6.45, 7) is 0. The number of halogens is 6. The lowest BCUT2D eigenvalue weighted by molar-refractivity contribution is -0.390. The van der Waals surface area contributed by atoms with Crippen LogP contribution in [0.25, 0.3) is 0 Å². The fourth-order valence-corrected chi connectivity index (χ4v) is 2.47. The van der Waals surface area contributed by atoms with E-state index in [0.717, 1.165) is 0 Å². The number of alkyl halides is 5. The summed E-state index contributed by atoms with van der Waals surface area (Å²) in [5.74, 6) is -1.58. The molecular weight excluding hydrogens is 353 g/mol. The number of ether oxygens (including phenoxy) is 1. The first-order valence-electron chi connectivity index (χ1n) is 4.64. The van der Waals surface area contributed by atoms with Gasteiger partial charge >= 0.3 is 12.0 Å². The molecule has 6 nitrogen and oxygen atoms in total. The zero-order valence-electron chi connectivity index (χ0n) is 9.40. The van der Waals surface area contributed by atoms with Crippen LogP contribution in [-0.2, 0) is 9.05 Å². The standard InChI is InChI=1S/C8H3ClF5NO5S/c9-21(18,19)4-2-1-3(20-8(12,13)14)6(15(16)17)5(4)7(10)11/h1-2,7H. The Morgan fingerprint density at radius 1 is 1.29 bits per heavy atom. The van der Waals surface area contributed by atoms with Gasteiger partial charge in [-0.25, -0.2) is 17.2 Å². The molecule has 1 rings (SSSR count). The van der Waals surface area contributed by atoms with E-state index in [4.69, 9.17) is 10.7 Å². The van der Waals surface area contributed by atoms with Crippen LogP contribution in [-0.4, -0.2) is 19.7 Å². The molecular formula is C8H3ClF5NO5S. The van der Waals surface area contributed by atoms with Gasteiger partial charge < -0.3 is 4.74 Å². The van der Waals surface area contributed by atoms with Gasteiger partial charge in [0.2, 0.25) is 5.75 Å². The van der Waals surface area contributed by atoms with E-state index in [9.17, 15) is 40.5 Å². The van der Waals surface area contributed by atoms with Gasteiger partial charge in [0.25, 0.3) is 15.5 Å². The zero-order valence-corrected chi connectivity index (χ0v) is 11.0. The van der Waals surface area contributed by atoms with Gasteiger partial charge in [-0.1, -0.05) is 0 Å². The van der Waals surface area contributed by atoms with Crippen molar-refractivity contribution >= 4 is 25.4 Å². The summed E-state index contributed by atoms with van der Waals surface area (Å²) in [5, 5.41) is 10.7. The molecule has 1 aromatic rings. The molecule has 0 bridgehead atoms. The summed E-state index contributed by atoms with van der Waals surface area (Å²) in [5.41, 5.74) is -3.61. The second kappa shape index (κ2) is 5.60. The number of benzene rings is 1. The minimum absolute atomic E-state index is 0.215. The zero-order chi connectivity index (χ0) is 16.6. The Hall–Kier alpha value is -1.69. The molecule has 0 aliphatic heterocycles. The van der Waals surface area contributed by atoms with E-state index in [2.05, 4.69) is 4.74 Å². The van der Waals surface area contributed by atoms with Crippen molar-refractivity contribution in [2.45, 2.75) is 17.7 Å². The molecule has 0 unspecified atom stereocenters. The highest BCUT2D eigenvalue weighted by molar-refractivity contribution is 8.13. The first-order chi connectivity index (χ1) is 9.34. The maximum Gasteiger partial charge on any atom is 0.573 e. The second-order valence-corrected chi connectivity index (χ2v) is 5.90. The van der Waals surface area contributed by atoms with Crippen LogP contribution in [0.2, 0.25) is 0 Å². The van der Waals surface area contributed by atoms with E-state index < -0.39 is 48.7 Å². The predicted octanol–water partition coefficient (Wildman–Crippen LogP) is 3.36. The topological polar surface area (TPSA) is 86.5 Å². The third-order valence-corrected chi connectivity index (χ3v) is 3.41. The summed E-state index contributed by atoms with van der Waals surface area (Å²) in [6.07, 6.45) is -9.17. The normalized spacial score (nSPS) is 12.5. The molecule has 13 heteroatoms. The molecule has 0 radical (unpaired) electrons. The molecule has 0 N–H and O–H groups in total. The van der Waals surface area contributed by atoms with Crippen molar-refractivity contribution in [3.8, 4) is 5.75 Å². The SMILES string of the molecule is O=[N+]([O-])c1c(OC(F)(F)F)ccc(S(=O)(=O)Cl)c1C(F)F. The van der Waals surface area contributed by atoms with E-state index in [1.165, 1.54) is 0 Å². The number of nitro groups is 1. The van der Waals surface area contributed by atoms with Crippen LogP contribution < -0.4 is 4.74 Å². The van der Waals surface area contributed by atoms with Crippen LogP contribution in [0.15, 0.2) is 17.0 Å². The molecule has 0 atom stereocenters. The van der Waals surface area contributed by atoms with Crippen molar-refractivity contribution in [3.63, 3.8) is 0 Å². The second-order valence-electron chi connectivity index (χ2n) is 3.37. The van der Waals surface area contributed by atoms with Crippen molar-refractivity contribution in [2.75, 3.05) is 0 Å². The van der Waals surface area contributed by atoms with Crippen LogP contribution >= 0.6 is 10.7 Å². The largest absolute Gasteiger partial charge is 0.573 e. The molecule has 0 saturated carbocycles. The van der Waals surface area contributed by atoms with Gasteiger partial charge in [0, 0.05) is 10.7 Å². The van der Waals surface area contributed by atoms with Gasteiger partial charge in [-0.3, -0.25) is 10.1 Å². The lowest BCUT2D eigenvalue weighted by atomic mass is 10.1. The number of nitrogens with zero attached hydrogens (tertiary/aromatic N) is 1. The third-order valence-electron chi connectivity index (χ3n) is 2.03. The molecule has 0 aliphatic carbocycles. The van der Waals surface area contributed by atoms with Crippen LogP contribution in [0.1, 0.15) is 12.0 Å². The Bertz CT molecular complexity index is 674. The average Bonchev–Trinajstić information content (AvgIpc) is 2.23. The molecule has 0 aliphatic rings. The van der Waals surface area contributed by atoms with E-state index in [0.29, 0.717) is 0 Å². The van der Waals surface area contributed by atoms with E-state index in [1.807, 2.05) is 0 Å². The monoisotopic (exact) mass is 355 g/mol. The van der Waals surface area contributed by atoms with E-state index >= 15 is 0 Å². The molecule has 1 aromatic carbocycles. The maximum absolute atomic E-state index is 12.8. The van der Waals surface area contributed by atoms with Crippen molar-refractivity contribution in [3.05, 3.63) is 27.8 Å². The number of rotatable bonds is 4. The number of hydrogen-bond acceptors (Lipinski definition) is 5. The lowest BCUT2D eigenvalue weighted by Gasteiger charge is -2.13. The number of hydrogen-bond donors (Lipinski definition) is 0. The maximum atomic E-state index is 12.8. The van der Waals surface area contributed by atoms with Gasteiger partial charge in [0.15, 0.2) is 0 Å². The van der Waals surface area contributed by atoms with Crippen LogP contribution in [0.5, 0.6) is 5.75 Å². The van der Waals surface area contributed by atoms with Gasteiger partial charge in [0.1, 0.15) is 5.56 Å². The molecule has 0 heterocycles. The van der Waals surface area contributed by atoms with Crippen molar-refractivity contribution in [1.29, 1.82) is 0 Å². The van der Waals surface area contributed by atoms with Crippen LogP contribution in [0, 0.1) is 10.1 Å². The lowest BCUT2D eigenvalue weighted by Crippen LogP contribution is -2.19. The van der Waals surface area contributed by atoms with Gasteiger partial charge in [-0.05, 0) is 12.1 Å². The van der Waals surface area contributed by atoms with Crippen molar-refractivity contribution in [2.24, 2.45) is 0 Å². The Labute approximate surface area is 117 Å². The summed E-state index contributed by atoms with van der Waals surface area (Å²) >= 11 is 0. The molecule has 118 valence electrons. The minimum atomic E-state index is -5.40. The number of nitro benzene ring substituents is 1. The first-order valence-corrected chi connectivity index (χ1v) is 6.95. The quantitative estimate of drug-likeness (QED) is 0.358. The summed E-state index contributed by atoms with van der Waals surface area (Å²) in [7, 11) is -0.0209. The highest BCUT2D eigenvalue weighted by Gasteiger charge is 2.39. The van der Waals surface area contributed by atoms with E-state index in [-0.39, 0.29) is 12.1 Å². The summed E-state index contributed by atoms with van der Waals surface area (Å²) in [6, 6.07) is 0.477. The molecule has 21 heavy (non-hydrogen) atoms. The Balaban J connectivity index is 3.74. The fraction of sp³-hybridized carbons (Fsp3) is 0.250. The van der Waals surface area contributed by atoms with Gasteiger partial charge in [-0.15, -0.1) is 13.2 Å². The smallest absolute Gasteiger partial charge is 0.398 e. The van der Waals surface area contributed by atoms with Gasteiger partial charge in [0.05, 0.1) is 9.82 Å². The average molecular weight is 356 g/mol. The molecule has 0 aromatic heterocycles. The Morgan fingerprint density at radius 2 is 1.81 bits per heavy atom. The van der Waals surface area contributed by atoms with Crippen LogP contribution in [0.4, 0.5) is 27.6 Å². The first kappa shape index (κ1) is 17.4. The molecule has 0 saturated heterocycles. The Kier molecular flexibility index (Phi) is 4.63. The molecule has 0 amide bonds. The molecule has 0 spiro atoms. The Morgan fingerprint density at radius 3 is 2.14 bits per heavy atom. The van der Waals surface area contributed by atoms with E-state index in [1.54, 1.807) is 0 Å². The highest BCUT2D eigenvalue weighted by atomic mass is 35.7. The van der Waals surface area contributed by atoms with Crippen molar-refractivity contribution < 1.29 is 40.0 Å². The van der Waals surface area contributed by atoms with Gasteiger partial charge in [-0.2, -0.15) is 0 Å².